The molecule has 1 aromatic heterocycles. The Balaban J connectivity index is 1.92. The Labute approximate surface area is 209 Å². The Kier molecular flexibility index (Phi) is 8.83. The molecule has 0 aliphatic rings. The number of methoxy groups -OCH3 is 4. The van der Waals surface area contributed by atoms with Gasteiger partial charge in [-0.2, -0.15) is 0 Å². The number of rotatable bonds is 11. The fraction of sp³-hybridized carbons (Fsp3) is 0.333. The van der Waals surface area contributed by atoms with Gasteiger partial charge in [-0.1, -0.05) is 18.2 Å². The van der Waals surface area contributed by atoms with Crippen molar-refractivity contribution < 1.29 is 33.3 Å². The zero-order valence-electron chi connectivity index (χ0n) is 21.0. The summed E-state index contributed by atoms with van der Waals surface area (Å²) in [5.74, 6) is 0.556. The molecule has 1 amide bonds. The minimum Gasteiger partial charge on any atom is -0.507 e. The quantitative estimate of drug-likeness (QED) is 0.413. The van der Waals surface area contributed by atoms with E-state index < -0.39 is 11.5 Å². The molecule has 9 heteroatoms. The maximum atomic E-state index is 13.0. The van der Waals surface area contributed by atoms with Crippen LogP contribution in [-0.4, -0.2) is 46.0 Å². The van der Waals surface area contributed by atoms with Crippen LogP contribution in [0.4, 0.5) is 0 Å². The van der Waals surface area contributed by atoms with Gasteiger partial charge in [0.1, 0.15) is 17.3 Å². The number of aromatic hydroxyl groups is 1. The Bertz CT molecular complexity index is 1250. The van der Waals surface area contributed by atoms with E-state index in [2.05, 4.69) is 5.32 Å². The summed E-state index contributed by atoms with van der Waals surface area (Å²) in [6, 6.07) is 12.2. The SMILES string of the molecule is COc1ccc(CCNC(=O)CC(c2ccc(OC)c(OC)c2OC)c2c(O)cc(C)oc2=O)cc1. The average molecular weight is 498 g/mol. The number of carbonyl (C=O) groups is 1. The lowest BCUT2D eigenvalue weighted by Gasteiger charge is -2.22. The van der Waals surface area contributed by atoms with Gasteiger partial charge in [0.05, 0.1) is 34.0 Å². The fourth-order valence-corrected chi connectivity index (χ4v) is 4.09. The van der Waals surface area contributed by atoms with Crippen LogP contribution in [0.2, 0.25) is 0 Å². The highest BCUT2D eigenvalue weighted by atomic mass is 16.5. The number of carbonyl (C=O) groups excluding carboxylic acids is 1. The van der Waals surface area contributed by atoms with E-state index in [9.17, 15) is 14.7 Å². The Morgan fingerprint density at radius 3 is 2.25 bits per heavy atom. The molecule has 192 valence electrons. The highest BCUT2D eigenvalue weighted by Gasteiger charge is 2.30. The van der Waals surface area contributed by atoms with Gasteiger partial charge in [0.2, 0.25) is 11.7 Å². The van der Waals surface area contributed by atoms with Gasteiger partial charge >= 0.3 is 5.63 Å². The fourth-order valence-electron chi connectivity index (χ4n) is 4.09. The summed E-state index contributed by atoms with van der Waals surface area (Å²) in [6.07, 6.45) is 0.466. The van der Waals surface area contributed by atoms with Crippen molar-refractivity contribution in [1.82, 2.24) is 5.32 Å². The van der Waals surface area contributed by atoms with Gasteiger partial charge in [0.15, 0.2) is 11.5 Å². The van der Waals surface area contributed by atoms with Crippen LogP contribution in [0.5, 0.6) is 28.7 Å². The molecule has 0 spiro atoms. The summed E-state index contributed by atoms with van der Waals surface area (Å²) in [4.78, 5) is 25.8. The van der Waals surface area contributed by atoms with Gasteiger partial charge in [0, 0.05) is 30.5 Å². The van der Waals surface area contributed by atoms with E-state index in [0.717, 1.165) is 11.3 Å². The largest absolute Gasteiger partial charge is 0.507 e. The lowest BCUT2D eigenvalue weighted by molar-refractivity contribution is -0.121. The third-order valence-electron chi connectivity index (χ3n) is 5.83. The van der Waals surface area contributed by atoms with Gasteiger partial charge in [0.25, 0.3) is 0 Å². The van der Waals surface area contributed by atoms with Gasteiger partial charge in [-0.3, -0.25) is 4.79 Å². The monoisotopic (exact) mass is 497 g/mol. The Hall–Kier alpha value is -4.14. The Morgan fingerprint density at radius 2 is 1.67 bits per heavy atom. The molecule has 36 heavy (non-hydrogen) atoms. The van der Waals surface area contributed by atoms with Gasteiger partial charge in [-0.25, -0.2) is 4.79 Å². The van der Waals surface area contributed by atoms with Crippen molar-refractivity contribution in [3.8, 4) is 28.7 Å². The lowest BCUT2D eigenvalue weighted by atomic mass is 9.87. The van der Waals surface area contributed by atoms with Gasteiger partial charge < -0.3 is 33.8 Å². The highest BCUT2D eigenvalue weighted by Crippen LogP contribution is 2.45. The summed E-state index contributed by atoms with van der Waals surface area (Å²) >= 11 is 0. The first-order valence-corrected chi connectivity index (χ1v) is 11.3. The smallest absolute Gasteiger partial charge is 0.343 e. The molecule has 1 atom stereocenters. The van der Waals surface area contributed by atoms with Crippen LogP contribution in [0.15, 0.2) is 51.7 Å². The van der Waals surface area contributed by atoms with E-state index in [4.69, 9.17) is 23.4 Å². The number of ether oxygens (including phenoxy) is 4. The second-order valence-electron chi connectivity index (χ2n) is 8.07. The molecule has 1 heterocycles. The first-order chi connectivity index (χ1) is 17.3. The lowest BCUT2D eigenvalue weighted by Crippen LogP contribution is -2.29. The number of amides is 1. The Morgan fingerprint density at radius 1 is 0.972 bits per heavy atom. The van der Waals surface area contributed by atoms with E-state index in [-0.39, 0.29) is 35.2 Å². The summed E-state index contributed by atoms with van der Waals surface area (Å²) in [7, 11) is 6.00. The molecule has 0 bridgehead atoms. The van der Waals surface area contributed by atoms with Crippen molar-refractivity contribution in [2.75, 3.05) is 35.0 Å². The van der Waals surface area contributed by atoms with Crippen LogP contribution in [0.1, 0.15) is 34.8 Å². The standard InChI is InChI=1S/C27H31NO8/c1-16-14-21(29)24(27(31)36-16)20(19-10-11-22(33-3)26(35-5)25(19)34-4)15-23(30)28-13-12-17-6-8-18(32-2)9-7-17/h6-11,14,20,29H,12-13,15H2,1-5H3,(H,28,30). The molecule has 1 unspecified atom stereocenters. The number of nitrogens with one attached hydrogen (secondary N) is 1. The minimum atomic E-state index is -0.877. The van der Waals surface area contributed by atoms with E-state index in [1.807, 2.05) is 24.3 Å². The van der Waals surface area contributed by atoms with Crippen LogP contribution in [0, 0.1) is 6.92 Å². The van der Waals surface area contributed by atoms with E-state index >= 15 is 0 Å². The van der Waals surface area contributed by atoms with Gasteiger partial charge in [-0.05, 0) is 37.1 Å². The zero-order valence-corrected chi connectivity index (χ0v) is 21.0. The minimum absolute atomic E-state index is 0.0450. The number of aryl methyl sites for hydroxylation is 1. The van der Waals surface area contributed by atoms with E-state index in [0.29, 0.717) is 30.0 Å². The van der Waals surface area contributed by atoms with Crippen molar-refractivity contribution in [2.45, 2.75) is 25.7 Å². The summed E-state index contributed by atoms with van der Waals surface area (Å²) in [5, 5.41) is 13.6. The molecular weight excluding hydrogens is 466 g/mol. The van der Waals surface area contributed by atoms with Crippen LogP contribution in [-0.2, 0) is 11.2 Å². The number of benzene rings is 2. The first kappa shape index (κ1) is 26.5. The molecule has 3 rings (SSSR count). The van der Waals surface area contributed by atoms with E-state index in [1.54, 1.807) is 26.2 Å². The summed E-state index contributed by atoms with van der Waals surface area (Å²) < 4.78 is 26.8. The molecule has 0 fully saturated rings. The van der Waals surface area contributed by atoms with Crippen molar-refractivity contribution in [3.63, 3.8) is 0 Å². The predicted molar refractivity (Wildman–Crippen MR) is 134 cm³/mol. The van der Waals surface area contributed by atoms with Crippen molar-refractivity contribution in [3.05, 3.63) is 75.3 Å². The molecular formula is C27H31NO8. The van der Waals surface area contributed by atoms with Crippen LogP contribution in [0.3, 0.4) is 0 Å². The first-order valence-electron chi connectivity index (χ1n) is 11.3. The summed E-state index contributed by atoms with van der Waals surface area (Å²) in [5.41, 5.74) is 0.717. The van der Waals surface area contributed by atoms with Crippen LogP contribution in [0.25, 0.3) is 0 Å². The molecule has 0 radical (unpaired) electrons. The maximum absolute atomic E-state index is 13.0. The van der Waals surface area contributed by atoms with Crippen molar-refractivity contribution >= 4 is 5.91 Å². The van der Waals surface area contributed by atoms with Crippen LogP contribution >= 0.6 is 0 Å². The maximum Gasteiger partial charge on any atom is 0.343 e. The molecule has 0 saturated heterocycles. The van der Waals surface area contributed by atoms with Crippen LogP contribution < -0.4 is 29.9 Å². The predicted octanol–water partition coefficient (Wildman–Crippen LogP) is 3.57. The third kappa shape index (κ3) is 5.91. The van der Waals surface area contributed by atoms with Crippen molar-refractivity contribution in [1.29, 1.82) is 0 Å². The molecule has 2 N–H and O–H groups in total. The van der Waals surface area contributed by atoms with E-state index in [1.165, 1.54) is 27.4 Å². The molecule has 0 saturated carbocycles. The molecule has 2 aromatic carbocycles. The second kappa shape index (κ2) is 12.0. The average Bonchev–Trinajstić information content (AvgIpc) is 2.86. The normalized spacial score (nSPS) is 11.5. The van der Waals surface area contributed by atoms with Gasteiger partial charge in [-0.15, -0.1) is 0 Å². The topological polar surface area (TPSA) is 116 Å². The summed E-state index contributed by atoms with van der Waals surface area (Å²) in [6.45, 7) is 1.94. The molecule has 0 aliphatic heterocycles. The molecule has 0 aliphatic carbocycles. The number of hydrogen-bond acceptors (Lipinski definition) is 8. The van der Waals surface area contributed by atoms with Crippen molar-refractivity contribution in [2.24, 2.45) is 0 Å². The highest BCUT2D eigenvalue weighted by molar-refractivity contribution is 5.78. The third-order valence-corrected chi connectivity index (χ3v) is 5.83. The number of hydrogen-bond donors (Lipinski definition) is 2. The zero-order chi connectivity index (χ0) is 26.2. The second-order valence-corrected chi connectivity index (χ2v) is 8.07. The molecule has 9 nitrogen and oxygen atoms in total. The molecule has 3 aromatic rings.